The number of ether oxygens (including phenoxy) is 1. The van der Waals surface area contributed by atoms with Crippen molar-refractivity contribution in [3.63, 3.8) is 0 Å². The van der Waals surface area contributed by atoms with Crippen molar-refractivity contribution >= 4 is 11.9 Å². The Bertz CT molecular complexity index is 387. The molecule has 0 unspecified atom stereocenters. The number of rotatable bonds is 2. The van der Waals surface area contributed by atoms with E-state index in [1.165, 1.54) is 6.92 Å². The van der Waals surface area contributed by atoms with Gasteiger partial charge >= 0.3 is 18.1 Å². The summed E-state index contributed by atoms with van der Waals surface area (Å²) in [6.45, 7) is 1.78. The van der Waals surface area contributed by atoms with E-state index in [0.717, 1.165) is 5.56 Å². The number of carbonyl (C=O) groups excluding carboxylic acids is 1. The molecular weight excluding hydrogens is 253 g/mol. The van der Waals surface area contributed by atoms with Crippen LogP contribution in [0.25, 0.3) is 0 Å². The molecule has 100 valence electrons. The van der Waals surface area contributed by atoms with Crippen LogP contribution in [0.3, 0.4) is 0 Å². The molecule has 0 aliphatic rings. The Labute approximate surface area is 101 Å². The van der Waals surface area contributed by atoms with Crippen LogP contribution in [0.4, 0.5) is 13.2 Å². The van der Waals surface area contributed by atoms with Gasteiger partial charge in [-0.15, -0.1) is 0 Å². The maximum Gasteiger partial charge on any atom is 0.490 e. The molecule has 0 amide bonds. The first-order valence-electron chi connectivity index (χ1n) is 4.71. The number of aliphatic carboxylic acids is 1. The third-order valence-corrected chi connectivity index (χ3v) is 1.53. The molecule has 1 aromatic rings. The third kappa shape index (κ3) is 8.14. The summed E-state index contributed by atoms with van der Waals surface area (Å²) in [5, 5.41) is 7.12. The van der Waals surface area contributed by atoms with Gasteiger partial charge in [-0.25, -0.2) is 4.79 Å². The second-order valence-corrected chi connectivity index (χ2v) is 3.07. The van der Waals surface area contributed by atoms with Crippen molar-refractivity contribution in [1.29, 1.82) is 0 Å². The fourth-order valence-corrected chi connectivity index (χ4v) is 0.759. The lowest BCUT2D eigenvalue weighted by Gasteiger charge is -1.99. The summed E-state index contributed by atoms with van der Waals surface area (Å²) in [6, 6.07) is 9.60. The molecule has 0 saturated carbocycles. The molecule has 0 heterocycles. The molecule has 0 spiro atoms. The number of alkyl halides is 3. The first kappa shape index (κ1) is 16.0. The number of esters is 1. The molecule has 1 aromatic carbocycles. The highest BCUT2D eigenvalue weighted by Crippen LogP contribution is 2.13. The fraction of sp³-hybridized carbons (Fsp3) is 0.273. The summed E-state index contributed by atoms with van der Waals surface area (Å²) in [5.41, 5.74) is 1.02. The van der Waals surface area contributed by atoms with Crippen LogP contribution in [0.1, 0.15) is 12.5 Å². The number of hydrogen-bond acceptors (Lipinski definition) is 3. The molecule has 1 N–H and O–H groups in total. The maximum absolute atomic E-state index is 10.6. The average molecular weight is 264 g/mol. The minimum Gasteiger partial charge on any atom is -0.475 e. The van der Waals surface area contributed by atoms with E-state index in [0.29, 0.717) is 6.61 Å². The van der Waals surface area contributed by atoms with Crippen LogP contribution in [-0.2, 0) is 20.9 Å². The van der Waals surface area contributed by atoms with Crippen molar-refractivity contribution in [2.45, 2.75) is 19.7 Å². The predicted molar refractivity (Wildman–Crippen MR) is 55.6 cm³/mol. The molecule has 1 rings (SSSR count). The molecule has 4 nitrogen and oxygen atoms in total. The van der Waals surface area contributed by atoms with Gasteiger partial charge in [0.15, 0.2) is 0 Å². The molecule has 0 aliphatic carbocycles. The van der Waals surface area contributed by atoms with Crippen molar-refractivity contribution in [2.75, 3.05) is 0 Å². The van der Waals surface area contributed by atoms with Gasteiger partial charge in [-0.3, -0.25) is 4.79 Å². The zero-order valence-corrected chi connectivity index (χ0v) is 9.40. The largest absolute Gasteiger partial charge is 0.490 e. The van der Waals surface area contributed by atoms with E-state index < -0.39 is 12.1 Å². The Morgan fingerprint density at radius 3 is 2.00 bits per heavy atom. The van der Waals surface area contributed by atoms with Crippen LogP contribution in [0, 0.1) is 0 Å². The Kier molecular flexibility index (Phi) is 6.48. The van der Waals surface area contributed by atoms with Gasteiger partial charge in [0.1, 0.15) is 6.61 Å². The zero-order valence-electron chi connectivity index (χ0n) is 9.40. The summed E-state index contributed by atoms with van der Waals surface area (Å²) in [4.78, 5) is 19.3. The highest BCUT2D eigenvalue weighted by Gasteiger charge is 2.38. The normalized spacial score (nSPS) is 10.0. The minimum absolute atomic E-state index is 0.242. The quantitative estimate of drug-likeness (QED) is 0.833. The Hall–Kier alpha value is -2.05. The zero-order chi connectivity index (χ0) is 14.2. The standard InChI is InChI=1S/C9H10O2.C2HF3O2/c1-8(10)11-7-9-5-3-2-4-6-9;3-2(4,5)1(6)7/h2-6H,7H2,1H3;(H,6,7). The van der Waals surface area contributed by atoms with Crippen LogP contribution >= 0.6 is 0 Å². The van der Waals surface area contributed by atoms with Gasteiger partial charge in [0, 0.05) is 6.92 Å². The monoisotopic (exact) mass is 264 g/mol. The summed E-state index contributed by atoms with van der Waals surface area (Å²) in [7, 11) is 0. The number of hydrogen-bond donors (Lipinski definition) is 1. The topological polar surface area (TPSA) is 63.6 Å². The van der Waals surface area contributed by atoms with Gasteiger partial charge in [0.2, 0.25) is 0 Å². The van der Waals surface area contributed by atoms with Crippen molar-refractivity contribution in [2.24, 2.45) is 0 Å². The smallest absolute Gasteiger partial charge is 0.475 e. The van der Waals surface area contributed by atoms with E-state index in [4.69, 9.17) is 14.6 Å². The molecule has 0 aliphatic heterocycles. The van der Waals surface area contributed by atoms with Gasteiger partial charge in [-0.2, -0.15) is 13.2 Å². The highest BCUT2D eigenvalue weighted by molar-refractivity contribution is 5.73. The number of carboxylic acids is 1. The Morgan fingerprint density at radius 1 is 1.22 bits per heavy atom. The Balaban J connectivity index is 0.000000360. The van der Waals surface area contributed by atoms with E-state index in [1.54, 1.807) is 0 Å². The molecule has 0 bridgehead atoms. The molecule has 0 radical (unpaired) electrons. The SMILES string of the molecule is CC(=O)OCc1ccccc1.O=C(O)C(F)(F)F. The van der Waals surface area contributed by atoms with E-state index >= 15 is 0 Å². The minimum atomic E-state index is -5.08. The summed E-state index contributed by atoms with van der Waals surface area (Å²) in [6.07, 6.45) is -5.08. The van der Waals surface area contributed by atoms with Crippen molar-refractivity contribution in [3.8, 4) is 0 Å². The lowest BCUT2D eigenvalue weighted by atomic mass is 10.2. The van der Waals surface area contributed by atoms with Gasteiger partial charge < -0.3 is 9.84 Å². The number of carbonyl (C=O) groups is 2. The van der Waals surface area contributed by atoms with E-state index in [9.17, 15) is 18.0 Å². The fourth-order valence-electron chi connectivity index (χ4n) is 0.759. The summed E-state index contributed by atoms with van der Waals surface area (Å²) in [5.74, 6) is -3.00. The molecule has 0 saturated heterocycles. The molecule has 18 heavy (non-hydrogen) atoms. The maximum atomic E-state index is 10.6. The summed E-state index contributed by atoms with van der Waals surface area (Å²) < 4.78 is 36.5. The third-order valence-electron chi connectivity index (χ3n) is 1.53. The molecule has 7 heteroatoms. The molecule has 0 atom stereocenters. The first-order valence-corrected chi connectivity index (χ1v) is 4.71. The lowest BCUT2D eigenvalue weighted by Crippen LogP contribution is -2.21. The van der Waals surface area contributed by atoms with Gasteiger partial charge in [0.25, 0.3) is 0 Å². The number of benzene rings is 1. The first-order chi connectivity index (χ1) is 8.23. The van der Waals surface area contributed by atoms with Crippen LogP contribution < -0.4 is 0 Å². The Morgan fingerprint density at radius 2 is 1.67 bits per heavy atom. The highest BCUT2D eigenvalue weighted by atomic mass is 19.4. The number of halogens is 3. The van der Waals surface area contributed by atoms with Gasteiger partial charge in [-0.1, -0.05) is 30.3 Å². The lowest BCUT2D eigenvalue weighted by molar-refractivity contribution is -0.192. The van der Waals surface area contributed by atoms with E-state index in [-0.39, 0.29) is 5.97 Å². The average Bonchev–Trinajstić information content (AvgIpc) is 2.27. The van der Waals surface area contributed by atoms with E-state index in [2.05, 4.69) is 0 Å². The van der Waals surface area contributed by atoms with Gasteiger partial charge in [0.05, 0.1) is 0 Å². The van der Waals surface area contributed by atoms with Crippen LogP contribution in [0.15, 0.2) is 30.3 Å². The number of carboxylic acid groups (broad SMARTS) is 1. The second kappa shape index (κ2) is 7.31. The van der Waals surface area contributed by atoms with Crippen molar-refractivity contribution in [3.05, 3.63) is 35.9 Å². The van der Waals surface area contributed by atoms with Crippen LogP contribution in [-0.4, -0.2) is 23.2 Å². The predicted octanol–water partition coefficient (Wildman–Crippen LogP) is 2.38. The summed E-state index contributed by atoms with van der Waals surface area (Å²) >= 11 is 0. The van der Waals surface area contributed by atoms with Gasteiger partial charge in [-0.05, 0) is 5.56 Å². The van der Waals surface area contributed by atoms with E-state index in [1.807, 2.05) is 30.3 Å². The van der Waals surface area contributed by atoms with Crippen molar-refractivity contribution in [1.82, 2.24) is 0 Å². The van der Waals surface area contributed by atoms with Crippen molar-refractivity contribution < 1.29 is 32.6 Å². The molecule has 0 aromatic heterocycles. The van der Waals surface area contributed by atoms with Crippen LogP contribution in [0.2, 0.25) is 0 Å². The van der Waals surface area contributed by atoms with Crippen LogP contribution in [0.5, 0.6) is 0 Å². The molecular formula is C11H11F3O4. The second-order valence-electron chi connectivity index (χ2n) is 3.07. The molecule has 0 fully saturated rings.